The molecule has 1 rings (SSSR count). The van der Waals surface area contributed by atoms with Gasteiger partial charge in [0.05, 0.1) is 13.2 Å². The number of esters is 2. The van der Waals surface area contributed by atoms with E-state index in [4.69, 9.17) is 18.6 Å². The Morgan fingerprint density at radius 1 is 0.857 bits per heavy atom. The molecule has 0 unspecified atom stereocenters. The van der Waals surface area contributed by atoms with Gasteiger partial charge in [-0.3, -0.25) is 4.79 Å². The third-order valence-electron chi connectivity index (χ3n) is 5.95. The summed E-state index contributed by atoms with van der Waals surface area (Å²) in [5.41, 5.74) is 0. The van der Waals surface area contributed by atoms with Crippen LogP contribution in [-0.4, -0.2) is 55.7 Å². The number of furan rings is 1. The van der Waals surface area contributed by atoms with E-state index in [2.05, 4.69) is 6.92 Å². The van der Waals surface area contributed by atoms with E-state index >= 15 is 0 Å². The van der Waals surface area contributed by atoms with Crippen molar-refractivity contribution >= 4 is 17.8 Å². The maximum Gasteiger partial charge on any atom is 0.374 e. The van der Waals surface area contributed by atoms with Crippen molar-refractivity contribution in [3.63, 3.8) is 0 Å². The molecule has 0 aliphatic heterocycles. The third kappa shape index (κ3) is 13.2. The molecule has 35 heavy (non-hydrogen) atoms. The monoisotopic (exact) mass is 495 g/mol. The zero-order valence-electron chi connectivity index (χ0n) is 22.1. The van der Waals surface area contributed by atoms with Gasteiger partial charge in [0.2, 0.25) is 5.76 Å². The lowest BCUT2D eigenvalue weighted by Crippen LogP contribution is -2.43. The molecule has 0 aromatic carbocycles. The molecule has 0 aliphatic carbocycles. The Hall–Kier alpha value is -2.51. The van der Waals surface area contributed by atoms with Crippen molar-refractivity contribution in [2.75, 3.05) is 26.9 Å². The summed E-state index contributed by atoms with van der Waals surface area (Å²) in [5.74, 6) is -1.59. The summed E-state index contributed by atoms with van der Waals surface area (Å²) in [7, 11) is 1.45. The first-order chi connectivity index (χ1) is 16.9. The van der Waals surface area contributed by atoms with E-state index in [0.29, 0.717) is 6.61 Å². The molecule has 0 fully saturated rings. The molecular weight excluding hydrogens is 450 g/mol. The van der Waals surface area contributed by atoms with Crippen LogP contribution in [0.2, 0.25) is 0 Å². The molecule has 0 N–H and O–H groups in total. The van der Waals surface area contributed by atoms with Crippen molar-refractivity contribution in [3.8, 4) is 5.95 Å². The van der Waals surface area contributed by atoms with Crippen LogP contribution in [0.3, 0.4) is 0 Å². The van der Waals surface area contributed by atoms with Gasteiger partial charge >= 0.3 is 11.9 Å². The maximum atomic E-state index is 12.2. The van der Waals surface area contributed by atoms with Crippen molar-refractivity contribution in [3.05, 3.63) is 17.9 Å². The fourth-order valence-electron chi connectivity index (χ4n) is 3.56. The lowest BCUT2D eigenvalue weighted by molar-refractivity contribution is -0.153. The summed E-state index contributed by atoms with van der Waals surface area (Å²) >= 11 is 0. The molecular formula is C27H45NO7. The molecule has 1 atom stereocenters. The predicted molar refractivity (Wildman–Crippen MR) is 134 cm³/mol. The number of ether oxygens (including phenoxy) is 3. The van der Waals surface area contributed by atoms with Crippen LogP contribution in [0.1, 0.15) is 108 Å². The Bertz CT molecular complexity index is 731. The summed E-state index contributed by atoms with van der Waals surface area (Å²) < 4.78 is 20.8. The molecule has 0 saturated carbocycles. The Balaban J connectivity index is 2.14. The van der Waals surface area contributed by atoms with E-state index in [1.807, 2.05) is 0 Å². The van der Waals surface area contributed by atoms with Crippen molar-refractivity contribution in [2.24, 2.45) is 0 Å². The van der Waals surface area contributed by atoms with E-state index < -0.39 is 30.5 Å². The van der Waals surface area contributed by atoms with Gasteiger partial charge in [-0.15, -0.1) is 0 Å². The minimum Gasteiger partial charge on any atom is -0.465 e. The number of carbonyl (C=O) groups is 3. The summed E-state index contributed by atoms with van der Waals surface area (Å²) in [5, 5.41) is 0. The zero-order chi connectivity index (χ0) is 25.9. The molecule has 1 heterocycles. The van der Waals surface area contributed by atoms with E-state index in [0.717, 1.165) is 12.8 Å². The molecule has 0 aliphatic rings. The van der Waals surface area contributed by atoms with Gasteiger partial charge in [-0.05, 0) is 26.3 Å². The number of amides is 1. The predicted octanol–water partition coefficient (Wildman–Crippen LogP) is 5.93. The topological polar surface area (TPSA) is 95.3 Å². The van der Waals surface area contributed by atoms with E-state index in [9.17, 15) is 14.4 Å². The fraction of sp³-hybridized carbons (Fsp3) is 0.741. The SMILES string of the molecule is CCCCCCCCCCCCCCOc1ccc(C(=O)OCC(=O)N(C)[C@@H](C)C(=O)OCC)o1. The van der Waals surface area contributed by atoms with Gasteiger partial charge in [-0.25, -0.2) is 9.59 Å². The van der Waals surface area contributed by atoms with Crippen LogP contribution in [0.4, 0.5) is 0 Å². The molecule has 200 valence electrons. The van der Waals surface area contributed by atoms with Crippen molar-refractivity contribution < 1.29 is 33.0 Å². The van der Waals surface area contributed by atoms with Crippen LogP contribution in [0, 0.1) is 0 Å². The van der Waals surface area contributed by atoms with Crippen LogP contribution < -0.4 is 4.74 Å². The van der Waals surface area contributed by atoms with Gasteiger partial charge in [-0.1, -0.05) is 77.6 Å². The molecule has 8 heteroatoms. The standard InChI is InChI=1S/C27H45NO7/c1-5-7-8-9-10-11-12-13-14-15-16-17-20-33-25-19-18-23(35-25)27(31)34-21-24(29)28(4)22(3)26(30)32-6-2/h18-19,22H,5-17,20-21H2,1-4H3/t22-/m0/s1. The van der Waals surface area contributed by atoms with E-state index in [1.165, 1.54) is 82.2 Å². The number of likely N-dealkylation sites (N-methyl/N-ethyl adjacent to an activating group) is 1. The maximum absolute atomic E-state index is 12.2. The highest BCUT2D eigenvalue weighted by Gasteiger charge is 2.25. The molecule has 1 aromatic heterocycles. The van der Waals surface area contributed by atoms with E-state index in [-0.39, 0.29) is 18.3 Å². The molecule has 0 spiro atoms. The Labute approximate surface area is 210 Å². The highest BCUT2D eigenvalue weighted by molar-refractivity contribution is 5.90. The summed E-state index contributed by atoms with van der Waals surface area (Å²) in [6.45, 7) is 5.72. The van der Waals surface area contributed by atoms with Crippen molar-refractivity contribution in [2.45, 2.75) is 104 Å². The van der Waals surface area contributed by atoms with E-state index in [1.54, 1.807) is 19.9 Å². The van der Waals surface area contributed by atoms with Crippen molar-refractivity contribution in [1.82, 2.24) is 4.90 Å². The van der Waals surface area contributed by atoms with Crippen molar-refractivity contribution in [1.29, 1.82) is 0 Å². The molecule has 8 nitrogen and oxygen atoms in total. The largest absolute Gasteiger partial charge is 0.465 e. The second kappa shape index (κ2) is 18.8. The Kier molecular flexibility index (Phi) is 16.4. The first-order valence-corrected chi connectivity index (χ1v) is 13.2. The fourth-order valence-corrected chi connectivity index (χ4v) is 3.56. The lowest BCUT2D eigenvalue weighted by Gasteiger charge is -2.22. The number of unbranched alkanes of at least 4 members (excludes halogenated alkanes) is 11. The number of hydrogen-bond acceptors (Lipinski definition) is 7. The third-order valence-corrected chi connectivity index (χ3v) is 5.95. The van der Waals surface area contributed by atoms with Crippen LogP contribution >= 0.6 is 0 Å². The smallest absolute Gasteiger partial charge is 0.374 e. The number of rotatable bonds is 20. The minimum absolute atomic E-state index is 0.0383. The summed E-state index contributed by atoms with van der Waals surface area (Å²) in [6.07, 6.45) is 15.3. The van der Waals surface area contributed by atoms with Gasteiger partial charge in [-0.2, -0.15) is 0 Å². The molecule has 1 aromatic rings. The Morgan fingerprint density at radius 2 is 1.43 bits per heavy atom. The summed E-state index contributed by atoms with van der Waals surface area (Å²) in [4.78, 5) is 37.2. The number of carbonyl (C=O) groups excluding carboxylic acids is 3. The number of nitrogens with zero attached hydrogens (tertiary/aromatic N) is 1. The first kappa shape index (κ1) is 30.5. The zero-order valence-corrected chi connectivity index (χ0v) is 22.1. The van der Waals surface area contributed by atoms with Crippen LogP contribution in [-0.2, 0) is 19.1 Å². The normalized spacial score (nSPS) is 11.7. The highest BCUT2D eigenvalue weighted by atomic mass is 16.6. The van der Waals surface area contributed by atoms with Gasteiger partial charge in [0.25, 0.3) is 11.9 Å². The molecule has 0 saturated heterocycles. The highest BCUT2D eigenvalue weighted by Crippen LogP contribution is 2.18. The number of hydrogen-bond donors (Lipinski definition) is 0. The minimum atomic E-state index is -0.773. The van der Waals surface area contributed by atoms with Gasteiger partial charge in [0, 0.05) is 13.1 Å². The lowest BCUT2D eigenvalue weighted by atomic mass is 10.1. The van der Waals surface area contributed by atoms with Crippen LogP contribution in [0.25, 0.3) is 0 Å². The average molecular weight is 496 g/mol. The molecule has 0 radical (unpaired) electrons. The van der Waals surface area contributed by atoms with Crippen LogP contribution in [0.15, 0.2) is 16.5 Å². The summed E-state index contributed by atoms with van der Waals surface area (Å²) in [6, 6.07) is 2.24. The molecule has 0 bridgehead atoms. The first-order valence-electron chi connectivity index (χ1n) is 13.2. The van der Waals surface area contributed by atoms with Crippen LogP contribution in [0.5, 0.6) is 5.95 Å². The van der Waals surface area contributed by atoms with Gasteiger partial charge in [0.1, 0.15) is 6.04 Å². The second-order valence-corrected chi connectivity index (χ2v) is 8.87. The van der Waals surface area contributed by atoms with Gasteiger partial charge < -0.3 is 23.5 Å². The molecule has 1 amide bonds. The average Bonchev–Trinajstić information content (AvgIpc) is 3.33. The Morgan fingerprint density at radius 3 is 2.00 bits per heavy atom. The van der Waals surface area contributed by atoms with Gasteiger partial charge in [0.15, 0.2) is 6.61 Å². The quantitative estimate of drug-likeness (QED) is 0.163. The second-order valence-electron chi connectivity index (χ2n) is 8.87.